The van der Waals surface area contributed by atoms with Crippen LogP contribution in [0.4, 0.5) is 0 Å². The second-order valence-corrected chi connectivity index (χ2v) is 4.36. The molecule has 0 fully saturated rings. The summed E-state index contributed by atoms with van der Waals surface area (Å²) in [5, 5.41) is 12.7. The highest BCUT2D eigenvalue weighted by atomic mass is 16.4. The van der Waals surface area contributed by atoms with Crippen molar-refractivity contribution in [1.82, 2.24) is 0 Å². The summed E-state index contributed by atoms with van der Waals surface area (Å²) in [7, 11) is 0. The molecule has 0 saturated heterocycles. The van der Waals surface area contributed by atoms with Gasteiger partial charge in [0.05, 0.1) is 19.6 Å². The van der Waals surface area contributed by atoms with Crippen molar-refractivity contribution in [1.29, 1.82) is 0 Å². The summed E-state index contributed by atoms with van der Waals surface area (Å²) in [5.41, 5.74) is 1.78. The van der Waals surface area contributed by atoms with Crippen molar-refractivity contribution in [2.75, 3.05) is 26.2 Å². The third kappa shape index (κ3) is 3.30. The highest BCUT2D eigenvalue weighted by molar-refractivity contribution is 6.01. The summed E-state index contributed by atoms with van der Waals surface area (Å²) in [6.07, 6.45) is 0. The fourth-order valence-electron chi connectivity index (χ4n) is 2.14. The highest BCUT2D eigenvalue weighted by Crippen LogP contribution is 2.10. The Kier molecular flexibility index (Phi) is 5.16. The lowest BCUT2D eigenvalue weighted by Crippen LogP contribution is -2.50. The van der Waals surface area contributed by atoms with Crippen LogP contribution in [0.1, 0.15) is 26.3 Å². The van der Waals surface area contributed by atoms with Crippen LogP contribution in [0.5, 0.6) is 0 Å². The van der Waals surface area contributed by atoms with Crippen molar-refractivity contribution in [2.24, 2.45) is 5.16 Å². The van der Waals surface area contributed by atoms with Crippen LogP contribution in [0.25, 0.3) is 0 Å². The molecular formula is C14H23N2O+. The molecule has 3 heteroatoms. The molecule has 17 heavy (non-hydrogen) atoms. The van der Waals surface area contributed by atoms with E-state index in [2.05, 4.69) is 25.9 Å². The lowest BCUT2D eigenvalue weighted by Gasteiger charge is -2.35. The minimum atomic E-state index is 0.774. The average Bonchev–Trinajstić information content (AvgIpc) is 2.42. The molecular weight excluding hydrogens is 212 g/mol. The van der Waals surface area contributed by atoms with Gasteiger partial charge in [-0.15, -0.1) is 0 Å². The Morgan fingerprint density at radius 3 is 2.00 bits per heavy atom. The zero-order chi connectivity index (χ0) is 12.7. The monoisotopic (exact) mass is 235 g/mol. The molecule has 0 aliphatic rings. The van der Waals surface area contributed by atoms with Gasteiger partial charge in [0.15, 0.2) is 0 Å². The summed E-state index contributed by atoms with van der Waals surface area (Å²) >= 11 is 0. The van der Waals surface area contributed by atoms with E-state index in [0.29, 0.717) is 0 Å². The van der Waals surface area contributed by atoms with Crippen molar-refractivity contribution in [3.05, 3.63) is 35.9 Å². The van der Waals surface area contributed by atoms with Crippen LogP contribution in [-0.4, -0.2) is 41.6 Å². The average molecular weight is 235 g/mol. The first kappa shape index (κ1) is 13.7. The first-order valence-corrected chi connectivity index (χ1v) is 6.32. The number of nitrogens with zero attached hydrogens (tertiary/aromatic N) is 2. The molecule has 0 unspecified atom stereocenters. The smallest absolute Gasteiger partial charge is 0.141 e. The summed E-state index contributed by atoms with van der Waals surface area (Å²) in [5.74, 6) is 0. The number of rotatable bonds is 6. The molecule has 1 aromatic carbocycles. The second-order valence-electron chi connectivity index (χ2n) is 4.36. The standard InChI is InChI=1S/C14H22N2O/c1-4-16(5-2,6-3)12-14(15-17)13-10-8-7-9-11-13/h7-11H,4-6,12H2,1-3H3/p+1/b15-14-. The van der Waals surface area contributed by atoms with E-state index in [0.717, 1.165) is 41.9 Å². The molecule has 1 N–H and O–H groups in total. The van der Waals surface area contributed by atoms with Crippen LogP contribution in [0.3, 0.4) is 0 Å². The van der Waals surface area contributed by atoms with Crippen molar-refractivity contribution < 1.29 is 9.69 Å². The van der Waals surface area contributed by atoms with Crippen molar-refractivity contribution >= 4 is 5.71 Å². The van der Waals surface area contributed by atoms with Gasteiger partial charge in [-0.1, -0.05) is 35.5 Å². The van der Waals surface area contributed by atoms with Crippen molar-refractivity contribution in [2.45, 2.75) is 20.8 Å². The van der Waals surface area contributed by atoms with E-state index in [4.69, 9.17) is 0 Å². The van der Waals surface area contributed by atoms with Crippen LogP contribution in [0.15, 0.2) is 35.5 Å². The molecule has 3 nitrogen and oxygen atoms in total. The molecule has 0 atom stereocenters. The topological polar surface area (TPSA) is 32.6 Å². The number of likely N-dealkylation sites (N-methyl/N-ethyl adjacent to an activating group) is 1. The Morgan fingerprint density at radius 2 is 1.59 bits per heavy atom. The van der Waals surface area contributed by atoms with Crippen molar-refractivity contribution in [3.63, 3.8) is 0 Å². The molecule has 0 spiro atoms. The van der Waals surface area contributed by atoms with Gasteiger partial charge >= 0.3 is 0 Å². The van der Waals surface area contributed by atoms with Crippen LogP contribution >= 0.6 is 0 Å². The minimum Gasteiger partial charge on any atom is -0.410 e. The number of benzene rings is 1. The van der Waals surface area contributed by atoms with E-state index < -0.39 is 0 Å². The molecule has 0 heterocycles. The molecule has 0 aromatic heterocycles. The fraction of sp³-hybridized carbons (Fsp3) is 0.500. The third-order valence-electron chi connectivity index (χ3n) is 3.73. The molecule has 0 bridgehead atoms. The maximum atomic E-state index is 9.21. The largest absolute Gasteiger partial charge is 0.410 e. The van der Waals surface area contributed by atoms with Crippen LogP contribution in [0, 0.1) is 0 Å². The molecule has 0 saturated carbocycles. The maximum absolute atomic E-state index is 9.21. The molecule has 0 amide bonds. The van der Waals surface area contributed by atoms with Crippen LogP contribution in [0.2, 0.25) is 0 Å². The quantitative estimate of drug-likeness (QED) is 0.350. The maximum Gasteiger partial charge on any atom is 0.141 e. The van der Waals surface area contributed by atoms with Gasteiger partial charge in [0.25, 0.3) is 0 Å². The summed E-state index contributed by atoms with van der Waals surface area (Å²) in [6.45, 7) is 10.5. The van der Waals surface area contributed by atoms with E-state index in [1.165, 1.54) is 0 Å². The van der Waals surface area contributed by atoms with Gasteiger partial charge in [-0.3, -0.25) is 0 Å². The Labute approximate surface area is 104 Å². The van der Waals surface area contributed by atoms with E-state index in [1.54, 1.807) is 0 Å². The zero-order valence-corrected chi connectivity index (χ0v) is 11.1. The number of hydrogen-bond acceptors (Lipinski definition) is 2. The van der Waals surface area contributed by atoms with E-state index in [9.17, 15) is 5.21 Å². The first-order valence-electron chi connectivity index (χ1n) is 6.32. The van der Waals surface area contributed by atoms with Gasteiger partial charge < -0.3 is 9.69 Å². The predicted molar refractivity (Wildman–Crippen MR) is 71.5 cm³/mol. The highest BCUT2D eigenvalue weighted by Gasteiger charge is 2.24. The van der Waals surface area contributed by atoms with Gasteiger partial charge in [-0.25, -0.2) is 0 Å². The molecule has 1 rings (SSSR count). The fourth-order valence-corrected chi connectivity index (χ4v) is 2.14. The van der Waals surface area contributed by atoms with E-state index in [1.807, 2.05) is 30.3 Å². The summed E-state index contributed by atoms with van der Waals surface area (Å²) in [4.78, 5) is 0. The SMILES string of the molecule is CC[N+](CC)(CC)C/C(=N/O)c1ccccc1. The summed E-state index contributed by atoms with van der Waals surface area (Å²) < 4.78 is 0.953. The van der Waals surface area contributed by atoms with Crippen LogP contribution in [-0.2, 0) is 0 Å². The Bertz CT molecular complexity index is 347. The van der Waals surface area contributed by atoms with E-state index >= 15 is 0 Å². The summed E-state index contributed by atoms with van der Waals surface area (Å²) in [6, 6.07) is 9.90. The number of oxime groups is 1. The lowest BCUT2D eigenvalue weighted by molar-refractivity contribution is -0.914. The third-order valence-corrected chi connectivity index (χ3v) is 3.73. The van der Waals surface area contributed by atoms with Gasteiger partial charge in [0.2, 0.25) is 0 Å². The van der Waals surface area contributed by atoms with Gasteiger partial charge in [-0.2, -0.15) is 0 Å². The first-order chi connectivity index (χ1) is 8.21. The van der Waals surface area contributed by atoms with Gasteiger partial charge in [-0.05, 0) is 20.8 Å². The zero-order valence-electron chi connectivity index (χ0n) is 11.1. The van der Waals surface area contributed by atoms with Crippen LogP contribution < -0.4 is 0 Å². The minimum absolute atomic E-state index is 0.774. The van der Waals surface area contributed by atoms with Gasteiger partial charge in [0, 0.05) is 5.56 Å². The normalized spacial score (nSPS) is 12.8. The molecule has 94 valence electrons. The molecule has 0 aliphatic carbocycles. The molecule has 0 aliphatic heterocycles. The van der Waals surface area contributed by atoms with E-state index in [-0.39, 0.29) is 0 Å². The Morgan fingerprint density at radius 1 is 1.06 bits per heavy atom. The number of quaternary nitrogens is 1. The molecule has 0 radical (unpaired) electrons. The predicted octanol–water partition coefficient (Wildman–Crippen LogP) is 2.74. The van der Waals surface area contributed by atoms with Gasteiger partial charge in [0.1, 0.15) is 12.3 Å². The Hall–Kier alpha value is -1.35. The van der Waals surface area contributed by atoms with Crippen molar-refractivity contribution in [3.8, 4) is 0 Å². The molecule has 1 aromatic rings. The number of hydrogen-bond donors (Lipinski definition) is 1. The second kappa shape index (κ2) is 6.40. The lowest BCUT2D eigenvalue weighted by atomic mass is 10.1. The Balaban J connectivity index is 2.91.